The minimum Gasteiger partial charge on any atom is -0.391 e. The van der Waals surface area contributed by atoms with Gasteiger partial charge in [0, 0.05) is 29.5 Å². The van der Waals surface area contributed by atoms with Crippen LogP contribution in [0.4, 0.5) is 22.0 Å². The first kappa shape index (κ1) is 32.7. The minimum atomic E-state index is -5.03. The molecule has 0 amide bonds. The Morgan fingerprint density at radius 3 is 2.51 bits per heavy atom. The number of aromatic nitrogens is 5. The average molecular weight is 673 g/mol. The number of hydrogen-bond donors (Lipinski definition) is 2. The molecule has 1 saturated heterocycles. The lowest BCUT2D eigenvalue weighted by atomic mass is 9.89. The number of aliphatic hydroxyl groups excluding tert-OH is 2. The molecular weight excluding hydrogens is 650 g/mol. The third-order valence-corrected chi connectivity index (χ3v) is 7.84. The maximum atomic E-state index is 14.7. The van der Waals surface area contributed by atoms with Crippen molar-refractivity contribution in [3.05, 3.63) is 81.1 Å². The molecule has 4 unspecified atom stereocenters. The second-order valence-corrected chi connectivity index (χ2v) is 11.1. The highest BCUT2D eigenvalue weighted by Crippen LogP contribution is 2.43. The Hall–Kier alpha value is -3.65. The van der Waals surface area contributed by atoms with Gasteiger partial charge in [0.05, 0.1) is 40.2 Å². The zero-order valence-corrected chi connectivity index (χ0v) is 25.0. The van der Waals surface area contributed by atoms with Gasteiger partial charge >= 0.3 is 6.18 Å². The number of ether oxygens (including phenoxy) is 2. The van der Waals surface area contributed by atoms with Crippen molar-refractivity contribution in [2.75, 3.05) is 7.11 Å². The van der Waals surface area contributed by atoms with E-state index in [0.29, 0.717) is 0 Å². The van der Waals surface area contributed by atoms with Gasteiger partial charge in [-0.3, -0.25) is 4.68 Å². The summed E-state index contributed by atoms with van der Waals surface area (Å²) < 4.78 is 85.3. The number of methoxy groups -OCH3 is 1. The quantitative estimate of drug-likeness (QED) is 0.207. The molecule has 6 atom stereocenters. The van der Waals surface area contributed by atoms with E-state index in [-0.39, 0.29) is 27.8 Å². The molecule has 10 nitrogen and oxygen atoms in total. The van der Waals surface area contributed by atoms with Crippen molar-refractivity contribution < 1.29 is 41.6 Å². The first-order chi connectivity index (χ1) is 21.2. The molecule has 45 heavy (non-hydrogen) atoms. The third-order valence-electron chi connectivity index (χ3n) is 7.33. The van der Waals surface area contributed by atoms with Crippen LogP contribution in [-0.4, -0.2) is 66.3 Å². The van der Waals surface area contributed by atoms with Gasteiger partial charge in [0.15, 0.2) is 17.5 Å². The molecule has 1 aliphatic rings. The molecule has 3 heterocycles. The molecule has 238 valence electrons. The van der Waals surface area contributed by atoms with Crippen LogP contribution in [0, 0.1) is 29.9 Å². The van der Waals surface area contributed by atoms with Crippen molar-refractivity contribution >= 4 is 23.2 Å². The van der Waals surface area contributed by atoms with E-state index in [1.165, 1.54) is 50.2 Å². The maximum Gasteiger partial charge on any atom is 0.419 e. The van der Waals surface area contributed by atoms with Crippen LogP contribution in [0.3, 0.4) is 0 Å². The van der Waals surface area contributed by atoms with Gasteiger partial charge in [-0.25, -0.2) is 18.4 Å². The summed E-state index contributed by atoms with van der Waals surface area (Å²) in [4.78, 5) is 4.24. The molecule has 5 rings (SSSR count). The van der Waals surface area contributed by atoms with Gasteiger partial charge in [0.1, 0.15) is 36.3 Å². The molecule has 2 aromatic heterocycles. The van der Waals surface area contributed by atoms with Crippen LogP contribution in [0.25, 0.3) is 16.8 Å². The molecule has 0 aliphatic carbocycles. The van der Waals surface area contributed by atoms with Gasteiger partial charge in [-0.2, -0.15) is 28.6 Å². The van der Waals surface area contributed by atoms with Crippen LogP contribution in [0.1, 0.15) is 41.8 Å². The normalized spacial score (nSPS) is 22.8. The summed E-state index contributed by atoms with van der Waals surface area (Å²) in [5.41, 5.74) is -2.87. The Morgan fingerprint density at radius 1 is 1.18 bits per heavy atom. The summed E-state index contributed by atoms with van der Waals surface area (Å²) >= 11 is 11.8. The fourth-order valence-electron chi connectivity index (χ4n) is 5.40. The highest BCUT2D eigenvalue weighted by Gasteiger charge is 2.51. The van der Waals surface area contributed by atoms with Crippen LogP contribution in [0.5, 0.6) is 0 Å². The van der Waals surface area contributed by atoms with Gasteiger partial charge in [0.25, 0.3) is 0 Å². The van der Waals surface area contributed by atoms with Crippen molar-refractivity contribution in [3.8, 4) is 22.9 Å². The summed E-state index contributed by atoms with van der Waals surface area (Å²) in [5, 5.41) is 39.5. The van der Waals surface area contributed by atoms with Crippen LogP contribution < -0.4 is 0 Å². The van der Waals surface area contributed by atoms with Crippen molar-refractivity contribution in [2.45, 2.75) is 56.6 Å². The molecule has 4 aromatic rings. The van der Waals surface area contributed by atoms with Crippen LogP contribution in [-0.2, 0) is 15.7 Å². The van der Waals surface area contributed by atoms with Crippen molar-refractivity contribution in [1.29, 1.82) is 5.26 Å². The standard InChI is InChI=1S/C28H23Cl2F5N6O4/c1-11(42)24-25(44-3)22(40-10-14(9-37-40)16-4-5-17(30)21(32)20(16)31)23(43)26(45-24)27-38-12(2)39-41(27)18-7-15(29)6-13(8-36)19(18)28(33,34)35/h4-7,9-11,22-26,42-43H,1-3H3/t11?,22?,23?,24?,25-,26-/m1/s1. The Morgan fingerprint density at radius 2 is 1.89 bits per heavy atom. The van der Waals surface area contributed by atoms with E-state index in [9.17, 15) is 37.4 Å². The van der Waals surface area contributed by atoms with E-state index >= 15 is 0 Å². The van der Waals surface area contributed by atoms with Crippen LogP contribution in [0.15, 0.2) is 36.7 Å². The topological polar surface area (TPSA) is 131 Å². The number of halogens is 7. The Balaban J connectivity index is 1.66. The molecule has 0 bridgehead atoms. The Kier molecular flexibility index (Phi) is 8.93. The Labute approximate surface area is 262 Å². The molecule has 17 heteroatoms. The predicted molar refractivity (Wildman–Crippen MR) is 149 cm³/mol. The van der Waals surface area contributed by atoms with E-state index in [0.717, 1.165) is 22.9 Å². The van der Waals surface area contributed by atoms with Gasteiger partial charge in [-0.1, -0.05) is 23.2 Å². The summed E-state index contributed by atoms with van der Waals surface area (Å²) in [7, 11) is 1.28. The molecule has 0 spiro atoms. The zero-order valence-electron chi connectivity index (χ0n) is 23.5. The lowest BCUT2D eigenvalue weighted by molar-refractivity contribution is -0.230. The summed E-state index contributed by atoms with van der Waals surface area (Å²) in [5.74, 6) is -2.85. The van der Waals surface area contributed by atoms with E-state index in [2.05, 4.69) is 15.2 Å². The van der Waals surface area contributed by atoms with E-state index in [1.54, 1.807) is 0 Å². The molecule has 2 aromatic carbocycles. The average Bonchev–Trinajstić information content (AvgIpc) is 3.61. The number of alkyl halides is 3. The summed E-state index contributed by atoms with van der Waals surface area (Å²) in [6.45, 7) is 2.76. The predicted octanol–water partition coefficient (Wildman–Crippen LogP) is 5.35. The number of nitrogens with zero attached hydrogens (tertiary/aromatic N) is 6. The first-order valence-electron chi connectivity index (χ1n) is 13.1. The summed E-state index contributed by atoms with van der Waals surface area (Å²) in [6, 6.07) is 4.47. The van der Waals surface area contributed by atoms with Gasteiger partial charge in [0.2, 0.25) is 0 Å². The van der Waals surface area contributed by atoms with Crippen molar-refractivity contribution in [1.82, 2.24) is 24.5 Å². The zero-order chi connectivity index (χ0) is 33.0. The molecule has 1 aliphatic heterocycles. The smallest absolute Gasteiger partial charge is 0.391 e. The third kappa shape index (κ3) is 5.89. The molecule has 0 saturated carbocycles. The second kappa shape index (κ2) is 12.3. The largest absolute Gasteiger partial charge is 0.419 e. The van der Waals surface area contributed by atoms with E-state index in [1.807, 2.05) is 0 Å². The minimum absolute atomic E-state index is 0.0203. The fraction of sp³-hybridized carbons (Fsp3) is 0.357. The van der Waals surface area contributed by atoms with Gasteiger partial charge in [-0.15, -0.1) is 0 Å². The maximum absolute atomic E-state index is 14.7. The second-order valence-electron chi connectivity index (χ2n) is 10.3. The highest BCUT2D eigenvalue weighted by atomic mass is 35.5. The lowest BCUT2D eigenvalue weighted by Gasteiger charge is -2.45. The Bertz CT molecular complexity index is 1790. The summed E-state index contributed by atoms with van der Waals surface area (Å²) in [6.07, 6.45) is -9.37. The number of aliphatic hydroxyl groups is 2. The number of aryl methyl sites for hydroxylation is 1. The van der Waals surface area contributed by atoms with Crippen molar-refractivity contribution in [2.24, 2.45) is 0 Å². The highest BCUT2D eigenvalue weighted by molar-refractivity contribution is 6.31. The molecule has 2 N–H and O–H groups in total. The van der Waals surface area contributed by atoms with E-state index in [4.69, 9.17) is 32.7 Å². The number of rotatable bonds is 6. The monoisotopic (exact) mass is 672 g/mol. The molecule has 0 radical (unpaired) electrons. The number of benzene rings is 2. The van der Waals surface area contributed by atoms with Crippen molar-refractivity contribution in [3.63, 3.8) is 0 Å². The molecular formula is C28H23Cl2F5N6O4. The van der Waals surface area contributed by atoms with Gasteiger partial charge in [-0.05, 0) is 38.1 Å². The van der Waals surface area contributed by atoms with Crippen LogP contribution >= 0.6 is 23.2 Å². The van der Waals surface area contributed by atoms with Gasteiger partial charge < -0.3 is 19.7 Å². The fourth-order valence-corrected chi connectivity index (χ4v) is 5.76. The lowest BCUT2D eigenvalue weighted by Crippen LogP contribution is -2.56. The molecule has 1 fully saturated rings. The van der Waals surface area contributed by atoms with Crippen LogP contribution in [0.2, 0.25) is 10.0 Å². The number of nitriles is 1. The first-order valence-corrected chi connectivity index (χ1v) is 13.9. The number of hydrogen-bond acceptors (Lipinski definition) is 8. The van der Waals surface area contributed by atoms with E-state index < -0.39 is 76.2 Å². The SMILES string of the molecule is CO[C@H]1C(C(C)O)O[C@@H](c2nc(C)nn2-c2cc(Cl)cc(C#N)c2C(F)(F)F)C(O)C1n1cc(-c2ccc(Cl)c(F)c2F)cn1.